The maximum atomic E-state index is 13.5. The zero-order chi connectivity index (χ0) is 26.0. The predicted octanol–water partition coefficient (Wildman–Crippen LogP) is 6.02. The van der Waals surface area contributed by atoms with Gasteiger partial charge in [0.1, 0.15) is 0 Å². The standard InChI is InChI=1S/C32H38N2O3/c1-32(2,3)24-13-14-28-26(20-24)30(25-11-7-8-12-27(25)33-28)31(36)37-21-29(35)34-17-15-23(16-18-34)19-22-9-5-4-6-10-22/h4-12,23-24H,13-21H2,1-3H3. The summed E-state index contributed by atoms with van der Waals surface area (Å²) in [6, 6.07) is 18.3. The fraction of sp³-hybridized carbons (Fsp3) is 0.469. The number of ether oxygens (including phenoxy) is 1. The maximum absolute atomic E-state index is 13.5. The van der Waals surface area contributed by atoms with Gasteiger partial charge < -0.3 is 9.64 Å². The van der Waals surface area contributed by atoms with Gasteiger partial charge in [0, 0.05) is 24.2 Å². The van der Waals surface area contributed by atoms with Gasteiger partial charge in [-0.25, -0.2) is 4.79 Å². The van der Waals surface area contributed by atoms with E-state index < -0.39 is 5.97 Å². The van der Waals surface area contributed by atoms with E-state index in [4.69, 9.17) is 9.72 Å². The molecule has 5 nitrogen and oxygen atoms in total. The molecule has 1 aromatic heterocycles. The number of piperidine rings is 1. The Hall–Kier alpha value is -3.21. The quantitative estimate of drug-likeness (QED) is 0.404. The Morgan fingerprint density at radius 3 is 2.41 bits per heavy atom. The topological polar surface area (TPSA) is 59.5 Å². The maximum Gasteiger partial charge on any atom is 0.339 e. The van der Waals surface area contributed by atoms with Crippen molar-refractivity contribution in [1.82, 2.24) is 9.88 Å². The third-order valence-corrected chi connectivity index (χ3v) is 8.35. The van der Waals surface area contributed by atoms with Gasteiger partial charge in [0.2, 0.25) is 0 Å². The second kappa shape index (κ2) is 10.6. The van der Waals surface area contributed by atoms with E-state index in [9.17, 15) is 9.59 Å². The summed E-state index contributed by atoms with van der Waals surface area (Å²) in [7, 11) is 0. The molecule has 1 unspecified atom stereocenters. The average Bonchev–Trinajstić information content (AvgIpc) is 2.90. The smallest absolute Gasteiger partial charge is 0.339 e. The molecule has 2 aromatic carbocycles. The van der Waals surface area contributed by atoms with Crippen LogP contribution in [-0.2, 0) is 28.8 Å². The lowest BCUT2D eigenvalue weighted by Crippen LogP contribution is -2.41. The number of hydrogen-bond donors (Lipinski definition) is 0. The number of benzene rings is 2. The van der Waals surface area contributed by atoms with E-state index in [0.717, 1.165) is 60.7 Å². The molecule has 5 heteroatoms. The van der Waals surface area contributed by atoms with Crippen LogP contribution in [0.15, 0.2) is 54.6 Å². The van der Waals surface area contributed by atoms with E-state index in [-0.39, 0.29) is 17.9 Å². The highest BCUT2D eigenvalue weighted by molar-refractivity contribution is 6.05. The van der Waals surface area contributed by atoms with Crippen molar-refractivity contribution in [2.24, 2.45) is 17.3 Å². The summed E-state index contributed by atoms with van der Waals surface area (Å²) in [6.45, 7) is 8.00. The van der Waals surface area contributed by atoms with Gasteiger partial charge in [0.15, 0.2) is 6.61 Å². The molecule has 1 amide bonds. The zero-order valence-corrected chi connectivity index (χ0v) is 22.3. The molecule has 2 heterocycles. The van der Waals surface area contributed by atoms with E-state index in [1.165, 1.54) is 5.56 Å². The minimum atomic E-state index is -0.406. The summed E-state index contributed by atoms with van der Waals surface area (Å²) >= 11 is 0. The van der Waals surface area contributed by atoms with E-state index >= 15 is 0 Å². The fourth-order valence-corrected chi connectivity index (χ4v) is 5.99. The average molecular weight is 499 g/mol. The summed E-state index contributed by atoms with van der Waals surface area (Å²) in [5.74, 6) is 0.538. The molecule has 1 saturated heterocycles. The number of nitrogens with zero attached hydrogens (tertiary/aromatic N) is 2. The molecular formula is C32H38N2O3. The number of carbonyl (C=O) groups excluding carboxylic acids is 2. The molecule has 0 N–H and O–H groups in total. The highest BCUT2D eigenvalue weighted by Gasteiger charge is 2.33. The van der Waals surface area contributed by atoms with Crippen molar-refractivity contribution < 1.29 is 14.3 Å². The van der Waals surface area contributed by atoms with Gasteiger partial charge in [-0.3, -0.25) is 9.78 Å². The molecule has 194 valence electrons. The SMILES string of the molecule is CC(C)(C)C1CCc2nc3ccccc3c(C(=O)OCC(=O)N3CCC(Cc4ccccc4)CC3)c2C1. The fourth-order valence-electron chi connectivity index (χ4n) is 5.99. The van der Waals surface area contributed by atoms with Crippen LogP contribution in [0.5, 0.6) is 0 Å². The Morgan fingerprint density at radius 2 is 1.68 bits per heavy atom. The number of likely N-dealkylation sites (tertiary alicyclic amines) is 1. The van der Waals surface area contributed by atoms with Gasteiger partial charge in [-0.1, -0.05) is 69.3 Å². The lowest BCUT2D eigenvalue weighted by Gasteiger charge is -2.35. The van der Waals surface area contributed by atoms with Crippen molar-refractivity contribution in [3.8, 4) is 0 Å². The summed E-state index contributed by atoms with van der Waals surface area (Å²) in [5.41, 5.74) is 4.91. The van der Waals surface area contributed by atoms with Gasteiger partial charge in [0.25, 0.3) is 5.91 Å². The van der Waals surface area contributed by atoms with Crippen molar-refractivity contribution in [1.29, 1.82) is 0 Å². The molecule has 1 fully saturated rings. The van der Waals surface area contributed by atoms with E-state index in [2.05, 4.69) is 45.0 Å². The molecule has 37 heavy (non-hydrogen) atoms. The van der Waals surface area contributed by atoms with Crippen molar-refractivity contribution >= 4 is 22.8 Å². The second-order valence-corrected chi connectivity index (χ2v) is 11.8. The van der Waals surface area contributed by atoms with Gasteiger partial charge in [-0.15, -0.1) is 0 Å². The number of carbonyl (C=O) groups is 2. The minimum absolute atomic E-state index is 0.105. The summed E-state index contributed by atoms with van der Waals surface area (Å²) in [6.07, 6.45) is 5.74. The van der Waals surface area contributed by atoms with Crippen molar-refractivity contribution in [3.05, 3.63) is 77.0 Å². The summed E-state index contributed by atoms with van der Waals surface area (Å²) < 4.78 is 5.70. The Labute approximate surface area is 220 Å². The second-order valence-electron chi connectivity index (χ2n) is 11.8. The molecule has 3 aromatic rings. The number of amides is 1. The van der Waals surface area contributed by atoms with Crippen LogP contribution in [0.4, 0.5) is 0 Å². The zero-order valence-electron chi connectivity index (χ0n) is 22.3. The number of rotatable bonds is 5. The largest absolute Gasteiger partial charge is 0.452 e. The molecule has 0 saturated carbocycles. The lowest BCUT2D eigenvalue weighted by atomic mass is 9.70. The first-order valence-corrected chi connectivity index (χ1v) is 13.7. The van der Waals surface area contributed by atoms with E-state index in [1.807, 2.05) is 35.2 Å². The van der Waals surface area contributed by atoms with Crippen LogP contribution in [0.25, 0.3) is 10.9 Å². The van der Waals surface area contributed by atoms with Crippen LogP contribution in [0.3, 0.4) is 0 Å². The number of esters is 1. The molecule has 2 aliphatic rings. The third-order valence-electron chi connectivity index (χ3n) is 8.35. The van der Waals surface area contributed by atoms with Crippen LogP contribution in [-0.4, -0.2) is 41.5 Å². The van der Waals surface area contributed by atoms with Crippen LogP contribution < -0.4 is 0 Å². The summed E-state index contributed by atoms with van der Waals surface area (Å²) in [4.78, 5) is 33.2. The lowest BCUT2D eigenvalue weighted by molar-refractivity contribution is -0.135. The van der Waals surface area contributed by atoms with E-state index in [0.29, 0.717) is 30.5 Å². The number of pyridine rings is 1. The Bertz CT molecular complexity index is 1270. The first kappa shape index (κ1) is 25.4. The third kappa shape index (κ3) is 5.71. The van der Waals surface area contributed by atoms with E-state index in [1.54, 1.807) is 0 Å². The molecular weight excluding hydrogens is 460 g/mol. The first-order chi connectivity index (χ1) is 17.8. The van der Waals surface area contributed by atoms with Crippen molar-refractivity contribution in [2.75, 3.05) is 19.7 Å². The summed E-state index contributed by atoms with van der Waals surface area (Å²) in [5, 5.41) is 0.815. The van der Waals surface area contributed by atoms with Crippen molar-refractivity contribution in [3.63, 3.8) is 0 Å². The monoisotopic (exact) mass is 498 g/mol. The molecule has 0 spiro atoms. The molecule has 0 bridgehead atoms. The molecule has 1 aliphatic carbocycles. The van der Waals surface area contributed by atoms with Gasteiger partial charge in [-0.2, -0.15) is 0 Å². The van der Waals surface area contributed by atoms with Crippen LogP contribution >= 0.6 is 0 Å². The molecule has 0 radical (unpaired) electrons. The number of hydrogen-bond acceptors (Lipinski definition) is 4. The number of aromatic nitrogens is 1. The van der Waals surface area contributed by atoms with Gasteiger partial charge in [0.05, 0.1) is 11.1 Å². The molecule has 1 atom stereocenters. The van der Waals surface area contributed by atoms with Gasteiger partial charge in [-0.05, 0) is 73.0 Å². The minimum Gasteiger partial charge on any atom is -0.452 e. The van der Waals surface area contributed by atoms with Crippen LogP contribution in [0.2, 0.25) is 0 Å². The Balaban J connectivity index is 1.26. The first-order valence-electron chi connectivity index (χ1n) is 13.7. The van der Waals surface area contributed by atoms with Crippen molar-refractivity contribution in [2.45, 2.75) is 59.3 Å². The Morgan fingerprint density at radius 1 is 0.973 bits per heavy atom. The molecule has 1 aliphatic heterocycles. The number of fused-ring (bicyclic) bond motifs is 2. The molecule has 5 rings (SSSR count). The Kier molecular flexibility index (Phi) is 7.32. The predicted molar refractivity (Wildman–Crippen MR) is 146 cm³/mol. The van der Waals surface area contributed by atoms with Crippen LogP contribution in [0, 0.1) is 17.3 Å². The highest BCUT2D eigenvalue weighted by Crippen LogP contribution is 2.39. The highest BCUT2D eigenvalue weighted by atomic mass is 16.5. The normalized spacial score (nSPS) is 18.5. The van der Waals surface area contributed by atoms with Crippen LogP contribution in [0.1, 0.15) is 67.2 Å². The number of para-hydroxylation sites is 1. The number of aryl methyl sites for hydroxylation is 1. The van der Waals surface area contributed by atoms with Gasteiger partial charge >= 0.3 is 5.97 Å².